The number of halogens is 1. The summed E-state index contributed by atoms with van der Waals surface area (Å²) in [6.07, 6.45) is -0.212. The van der Waals surface area contributed by atoms with Crippen molar-refractivity contribution in [1.82, 2.24) is 14.8 Å². The van der Waals surface area contributed by atoms with Crippen molar-refractivity contribution in [2.75, 3.05) is 11.1 Å². The molecule has 0 bridgehead atoms. The van der Waals surface area contributed by atoms with Crippen LogP contribution in [0.3, 0.4) is 0 Å². The van der Waals surface area contributed by atoms with Crippen molar-refractivity contribution in [3.63, 3.8) is 0 Å². The molecule has 0 aliphatic heterocycles. The number of nitrogens with zero attached hydrogens (tertiary/aromatic N) is 3. The molecule has 3 rings (SSSR count). The number of benzene rings is 2. The summed E-state index contributed by atoms with van der Waals surface area (Å²) in [6.45, 7) is 3.57. The number of carbonyl (C=O) groups excluding carboxylic acids is 2. The van der Waals surface area contributed by atoms with E-state index in [1.54, 1.807) is 50.2 Å². The average molecular weight is 445 g/mol. The van der Waals surface area contributed by atoms with Gasteiger partial charge >= 0.3 is 5.97 Å². The van der Waals surface area contributed by atoms with Gasteiger partial charge in [0.1, 0.15) is 0 Å². The zero-order chi connectivity index (χ0) is 21.7. The van der Waals surface area contributed by atoms with Crippen LogP contribution in [0.2, 0.25) is 5.02 Å². The van der Waals surface area contributed by atoms with Gasteiger partial charge in [-0.1, -0.05) is 29.4 Å². The number of carbonyl (C=O) groups is 2. The van der Waals surface area contributed by atoms with Gasteiger partial charge in [0.2, 0.25) is 5.91 Å². The molecule has 0 atom stereocenters. The van der Waals surface area contributed by atoms with Gasteiger partial charge in [-0.05, 0) is 56.3 Å². The van der Waals surface area contributed by atoms with E-state index in [9.17, 15) is 9.59 Å². The summed E-state index contributed by atoms with van der Waals surface area (Å²) in [7, 11) is 1.84. The first-order chi connectivity index (χ1) is 14.3. The molecule has 0 saturated heterocycles. The van der Waals surface area contributed by atoms with Crippen LogP contribution in [0.1, 0.15) is 24.2 Å². The van der Waals surface area contributed by atoms with Crippen LogP contribution in [0.25, 0.3) is 11.4 Å². The smallest absolute Gasteiger partial charge is 0.338 e. The van der Waals surface area contributed by atoms with E-state index in [-0.39, 0.29) is 17.8 Å². The van der Waals surface area contributed by atoms with Gasteiger partial charge in [0.05, 0.1) is 17.4 Å². The van der Waals surface area contributed by atoms with E-state index in [0.717, 1.165) is 5.56 Å². The molecule has 7 nitrogen and oxygen atoms in total. The largest absolute Gasteiger partial charge is 0.459 e. The number of hydrogen-bond acceptors (Lipinski definition) is 6. The van der Waals surface area contributed by atoms with E-state index >= 15 is 0 Å². The number of hydrogen-bond donors (Lipinski definition) is 1. The number of anilines is 1. The van der Waals surface area contributed by atoms with Crippen LogP contribution >= 0.6 is 23.4 Å². The monoisotopic (exact) mass is 444 g/mol. The van der Waals surface area contributed by atoms with Gasteiger partial charge in [0, 0.05) is 23.3 Å². The minimum Gasteiger partial charge on any atom is -0.459 e. The molecule has 1 N–H and O–H groups in total. The van der Waals surface area contributed by atoms with Crippen molar-refractivity contribution in [2.45, 2.75) is 25.1 Å². The minimum absolute atomic E-state index is 0.146. The molecule has 3 aromatic rings. The Morgan fingerprint density at radius 1 is 1.17 bits per heavy atom. The normalized spacial score (nSPS) is 10.8. The minimum atomic E-state index is -0.427. The summed E-state index contributed by atoms with van der Waals surface area (Å²) in [4.78, 5) is 24.4. The first-order valence-electron chi connectivity index (χ1n) is 9.22. The van der Waals surface area contributed by atoms with Crippen LogP contribution in [-0.2, 0) is 16.6 Å². The summed E-state index contributed by atoms with van der Waals surface area (Å²) in [6, 6.07) is 14.0. The van der Waals surface area contributed by atoms with Crippen LogP contribution in [0.5, 0.6) is 0 Å². The highest BCUT2D eigenvalue weighted by atomic mass is 35.5. The molecule has 0 unspecified atom stereocenters. The van der Waals surface area contributed by atoms with E-state index in [2.05, 4.69) is 15.5 Å². The molecule has 0 spiro atoms. The number of nitrogens with one attached hydrogen (secondary N) is 1. The van der Waals surface area contributed by atoms with Gasteiger partial charge in [-0.15, -0.1) is 10.2 Å². The Bertz CT molecular complexity index is 1050. The van der Waals surface area contributed by atoms with E-state index in [0.29, 0.717) is 27.3 Å². The lowest BCUT2D eigenvalue weighted by molar-refractivity contribution is -0.113. The van der Waals surface area contributed by atoms with Crippen LogP contribution in [0.15, 0.2) is 53.7 Å². The van der Waals surface area contributed by atoms with Crippen molar-refractivity contribution in [2.24, 2.45) is 7.05 Å². The van der Waals surface area contributed by atoms with E-state index < -0.39 is 5.97 Å². The third-order valence-corrected chi connectivity index (χ3v) is 5.27. The molecular formula is C21H21ClN4O3S. The number of thioether (sulfide) groups is 1. The lowest BCUT2D eigenvalue weighted by atomic mass is 10.2. The second-order valence-electron chi connectivity index (χ2n) is 6.74. The zero-order valence-corrected chi connectivity index (χ0v) is 18.3. The Labute approximate surface area is 183 Å². The summed E-state index contributed by atoms with van der Waals surface area (Å²) >= 11 is 7.20. The topological polar surface area (TPSA) is 86.1 Å². The Morgan fingerprint density at radius 3 is 2.60 bits per heavy atom. The van der Waals surface area contributed by atoms with Crippen molar-refractivity contribution >= 4 is 40.9 Å². The van der Waals surface area contributed by atoms with E-state index in [1.807, 2.05) is 23.7 Å². The fourth-order valence-corrected chi connectivity index (χ4v) is 3.46. The highest BCUT2D eigenvalue weighted by Gasteiger charge is 2.14. The molecule has 0 aliphatic rings. The van der Waals surface area contributed by atoms with Crippen LogP contribution in [0, 0.1) is 0 Å². The van der Waals surface area contributed by atoms with Gasteiger partial charge in [-0.25, -0.2) is 4.79 Å². The maximum absolute atomic E-state index is 12.4. The number of amides is 1. The molecule has 0 saturated carbocycles. The van der Waals surface area contributed by atoms with Gasteiger partial charge in [-0.2, -0.15) is 0 Å². The molecule has 1 amide bonds. The molecule has 0 aliphatic carbocycles. The van der Waals surface area contributed by atoms with Gasteiger partial charge < -0.3 is 14.6 Å². The van der Waals surface area contributed by atoms with Crippen molar-refractivity contribution in [1.29, 1.82) is 0 Å². The Balaban J connectivity index is 1.60. The highest BCUT2D eigenvalue weighted by Crippen LogP contribution is 2.24. The molecule has 1 aromatic heterocycles. The van der Waals surface area contributed by atoms with Crippen LogP contribution in [-0.4, -0.2) is 38.5 Å². The Morgan fingerprint density at radius 2 is 1.90 bits per heavy atom. The SMILES string of the molecule is CC(C)OC(=O)c1cccc(NC(=O)CSc2nnc(-c3ccc(Cl)cc3)n2C)c1. The number of rotatable bonds is 7. The first-order valence-corrected chi connectivity index (χ1v) is 10.6. The van der Waals surface area contributed by atoms with E-state index in [1.165, 1.54) is 11.8 Å². The quantitative estimate of drug-likeness (QED) is 0.428. The molecular weight excluding hydrogens is 424 g/mol. The predicted molar refractivity (Wildman–Crippen MR) is 118 cm³/mol. The third kappa shape index (κ3) is 5.61. The maximum Gasteiger partial charge on any atom is 0.338 e. The predicted octanol–water partition coefficient (Wildman–Crippen LogP) is 4.43. The molecule has 0 radical (unpaired) electrons. The first kappa shape index (κ1) is 21.9. The zero-order valence-electron chi connectivity index (χ0n) is 16.8. The lowest BCUT2D eigenvalue weighted by Crippen LogP contribution is -2.16. The number of ether oxygens (including phenoxy) is 1. The number of esters is 1. The molecule has 2 aromatic carbocycles. The third-order valence-electron chi connectivity index (χ3n) is 3.99. The van der Waals surface area contributed by atoms with E-state index in [4.69, 9.17) is 16.3 Å². The molecule has 156 valence electrons. The maximum atomic E-state index is 12.4. The van der Waals surface area contributed by atoms with Crippen LogP contribution in [0.4, 0.5) is 5.69 Å². The van der Waals surface area contributed by atoms with Gasteiger partial charge in [-0.3, -0.25) is 4.79 Å². The standard InChI is InChI=1S/C21H21ClN4O3S/c1-13(2)29-20(28)15-5-4-6-17(11-15)23-18(27)12-30-21-25-24-19(26(21)3)14-7-9-16(22)10-8-14/h4-11,13H,12H2,1-3H3,(H,23,27). The fraction of sp³-hybridized carbons (Fsp3) is 0.238. The van der Waals surface area contributed by atoms with Crippen molar-refractivity contribution in [3.05, 3.63) is 59.1 Å². The van der Waals surface area contributed by atoms with Crippen molar-refractivity contribution in [3.8, 4) is 11.4 Å². The summed E-state index contributed by atoms with van der Waals surface area (Å²) in [5.41, 5.74) is 1.80. The van der Waals surface area contributed by atoms with Crippen LogP contribution < -0.4 is 5.32 Å². The second-order valence-corrected chi connectivity index (χ2v) is 8.12. The molecule has 1 heterocycles. The second kappa shape index (κ2) is 9.77. The fourth-order valence-electron chi connectivity index (χ4n) is 2.62. The van der Waals surface area contributed by atoms with Crippen molar-refractivity contribution < 1.29 is 14.3 Å². The molecule has 30 heavy (non-hydrogen) atoms. The Kier molecular flexibility index (Phi) is 7.12. The van der Waals surface area contributed by atoms with Gasteiger partial charge in [0.25, 0.3) is 0 Å². The highest BCUT2D eigenvalue weighted by molar-refractivity contribution is 7.99. The number of aromatic nitrogens is 3. The lowest BCUT2D eigenvalue weighted by Gasteiger charge is -2.10. The summed E-state index contributed by atoms with van der Waals surface area (Å²) < 4.78 is 7.00. The summed E-state index contributed by atoms with van der Waals surface area (Å²) in [5.74, 6) is 0.188. The van der Waals surface area contributed by atoms with Gasteiger partial charge in [0.15, 0.2) is 11.0 Å². The Hall–Kier alpha value is -2.84. The average Bonchev–Trinajstić information content (AvgIpc) is 3.07. The molecule has 0 fully saturated rings. The molecule has 9 heteroatoms. The summed E-state index contributed by atoms with van der Waals surface area (Å²) in [5, 5.41) is 12.4.